The zero-order valence-electron chi connectivity index (χ0n) is 11.8. The molecule has 20 heavy (non-hydrogen) atoms. The summed E-state index contributed by atoms with van der Waals surface area (Å²) in [4.78, 5) is 1.44. The third-order valence-electron chi connectivity index (χ3n) is 3.70. The van der Waals surface area contributed by atoms with E-state index in [-0.39, 0.29) is 10.2 Å². The molecule has 106 valence electrons. The average molecular weight is 353 g/mol. The van der Waals surface area contributed by atoms with Crippen molar-refractivity contribution in [2.24, 2.45) is 0 Å². The SMILES string of the molecule is COc1csc(C(Br)c2ccc3c(c2)C(C)(C)CO3)c1. The van der Waals surface area contributed by atoms with Crippen LogP contribution in [0.2, 0.25) is 0 Å². The van der Waals surface area contributed by atoms with E-state index in [2.05, 4.69) is 54.0 Å². The third-order valence-corrected chi connectivity index (χ3v) is 6.00. The van der Waals surface area contributed by atoms with Crippen molar-refractivity contribution in [1.29, 1.82) is 0 Å². The Hall–Kier alpha value is -1.00. The number of methoxy groups -OCH3 is 1. The zero-order valence-corrected chi connectivity index (χ0v) is 14.2. The fourth-order valence-electron chi connectivity index (χ4n) is 2.43. The smallest absolute Gasteiger partial charge is 0.129 e. The molecular formula is C16H17BrO2S. The zero-order chi connectivity index (χ0) is 14.3. The maximum absolute atomic E-state index is 5.74. The molecule has 1 atom stereocenters. The molecule has 3 rings (SSSR count). The predicted octanol–water partition coefficient (Wildman–Crippen LogP) is 4.91. The van der Waals surface area contributed by atoms with E-state index in [1.54, 1.807) is 18.4 Å². The molecule has 1 aliphatic rings. The summed E-state index contributed by atoms with van der Waals surface area (Å²) in [7, 11) is 1.70. The van der Waals surface area contributed by atoms with Crippen LogP contribution < -0.4 is 9.47 Å². The van der Waals surface area contributed by atoms with Crippen molar-refractivity contribution in [3.05, 3.63) is 45.6 Å². The Kier molecular flexibility index (Phi) is 3.55. The molecule has 0 aliphatic carbocycles. The lowest BCUT2D eigenvalue weighted by molar-refractivity contribution is 0.291. The Bertz CT molecular complexity index is 633. The number of alkyl halides is 1. The van der Waals surface area contributed by atoms with Crippen molar-refractivity contribution in [3.8, 4) is 11.5 Å². The van der Waals surface area contributed by atoms with Crippen molar-refractivity contribution in [3.63, 3.8) is 0 Å². The minimum absolute atomic E-state index is 0.0885. The molecule has 0 bridgehead atoms. The third kappa shape index (κ3) is 2.35. The highest BCUT2D eigenvalue weighted by Gasteiger charge is 2.32. The number of ether oxygens (including phenoxy) is 2. The van der Waals surface area contributed by atoms with E-state index in [0.29, 0.717) is 0 Å². The van der Waals surface area contributed by atoms with Gasteiger partial charge in [-0.1, -0.05) is 35.8 Å². The van der Waals surface area contributed by atoms with Gasteiger partial charge >= 0.3 is 0 Å². The average Bonchev–Trinajstić information content (AvgIpc) is 3.03. The second-order valence-corrected chi connectivity index (χ2v) is 7.54. The summed E-state index contributed by atoms with van der Waals surface area (Å²) in [6.45, 7) is 5.20. The molecule has 0 saturated carbocycles. The van der Waals surface area contributed by atoms with Crippen LogP contribution in [0.25, 0.3) is 0 Å². The van der Waals surface area contributed by atoms with E-state index in [9.17, 15) is 0 Å². The quantitative estimate of drug-likeness (QED) is 0.730. The molecule has 2 nitrogen and oxygen atoms in total. The Morgan fingerprint density at radius 1 is 1.35 bits per heavy atom. The number of fused-ring (bicyclic) bond motifs is 1. The molecule has 2 heterocycles. The molecule has 1 aliphatic heterocycles. The van der Waals surface area contributed by atoms with Crippen LogP contribution in [0.4, 0.5) is 0 Å². The van der Waals surface area contributed by atoms with Crippen molar-refractivity contribution in [2.75, 3.05) is 13.7 Å². The summed E-state index contributed by atoms with van der Waals surface area (Å²) < 4.78 is 11.0. The first-order valence-electron chi connectivity index (χ1n) is 6.55. The molecule has 0 radical (unpaired) electrons. The molecular weight excluding hydrogens is 336 g/mol. The van der Waals surface area contributed by atoms with Crippen molar-refractivity contribution in [2.45, 2.75) is 24.1 Å². The number of hydrogen-bond donors (Lipinski definition) is 0. The Morgan fingerprint density at radius 3 is 2.85 bits per heavy atom. The van der Waals surface area contributed by atoms with Crippen molar-refractivity contribution >= 4 is 27.3 Å². The van der Waals surface area contributed by atoms with E-state index in [1.165, 1.54) is 16.0 Å². The highest BCUT2D eigenvalue weighted by atomic mass is 79.9. The van der Waals surface area contributed by atoms with Gasteiger partial charge in [0.25, 0.3) is 0 Å². The second-order valence-electron chi connectivity index (χ2n) is 5.68. The Balaban J connectivity index is 1.95. The largest absolute Gasteiger partial charge is 0.496 e. The van der Waals surface area contributed by atoms with Gasteiger partial charge in [-0.25, -0.2) is 0 Å². The van der Waals surface area contributed by atoms with E-state index >= 15 is 0 Å². The summed E-state index contributed by atoms with van der Waals surface area (Å²) in [6, 6.07) is 8.55. The molecule has 0 N–H and O–H groups in total. The van der Waals surface area contributed by atoms with E-state index in [4.69, 9.17) is 9.47 Å². The number of rotatable bonds is 3. The lowest BCUT2D eigenvalue weighted by atomic mass is 9.86. The summed E-state index contributed by atoms with van der Waals surface area (Å²) in [5.41, 5.74) is 2.64. The first kappa shape index (κ1) is 14.0. The Morgan fingerprint density at radius 2 is 2.15 bits per heavy atom. The first-order chi connectivity index (χ1) is 9.51. The fourth-order valence-corrected chi connectivity index (χ4v) is 4.03. The number of thiophene rings is 1. The topological polar surface area (TPSA) is 18.5 Å². The minimum Gasteiger partial charge on any atom is -0.496 e. The van der Waals surface area contributed by atoms with E-state index in [0.717, 1.165) is 18.1 Å². The van der Waals surface area contributed by atoms with Crippen molar-refractivity contribution in [1.82, 2.24) is 0 Å². The van der Waals surface area contributed by atoms with Gasteiger partial charge in [0, 0.05) is 21.2 Å². The van der Waals surface area contributed by atoms with Crippen LogP contribution in [-0.2, 0) is 5.41 Å². The van der Waals surface area contributed by atoms with Crippen LogP contribution in [0.15, 0.2) is 29.6 Å². The Labute approximate surface area is 131 Å². The normalized spacial score (nSPS) is 17.4. The maximum atomic E-state index is 5.74. The lowest BCUT2D eigenvalue weighted by Gasteiger charge is -2.17. The summed E-state index contributed by atoms with van der Waals surface area (Å²) in [6.07, 6.45) is 0. The summed E-state index contributed by atoms with van der Waals surface area (Å²) >= 11 is 5.50. The molecule has 4 heteroatoms. The molecule has 2 aromatic rings. The van der Waals surface area contributed by atoms with Crippen LogP contribution in [0, 0.1) is 0 Å². The summed E-state index contributed by atoms with van der Waals surface area (Å²) in [5.74, 6) is 1.93. The van der Waals surface area contributed by atoms with Crippen LogP contribution in [0.3, 0.4) is 0 Å². The van der Waals surface area contributed by atoms with Gasteiger partial charge in [-0.2, -0.15) is 0 Å². The van der Waals surface area contributed by atoms with Gasteiger partial charge in [0.2, 0.25) is 0 Å². The van der Waals surface area contributed by atoms with E-state index < -0.39 is 0 Å². The van der Waals surface area contributed by atoms with Crippen molar-refractivity contribution < 1.29 is 9.47 Å². The number of halogens is 1. The molecule has 0 amide bonds. The van der Waals surface area contributed by atoms with Crippen LogP contribution in [0.1, 0.15) is 34.7 Å². The molecule has 1 aromatic carbocycles. The molecule has 0 fully saturated rings. The highest BCUT2D eigenvalue weighted by Crippen LogP contribution is 2.43. The van der Waals surface area contributed by atoms with Gasteiger partial charge in [-0.15, -0.1) is 11.3 Å². The van der Waals surface area contributed by atoms with Gasteiger partial charge in [-0.3, -0.25) is 0 Å². The standard InChI is InChI=1S/C16H17BrO2S/c1-16(2)9-19-13-5-4-10(6-12(13)16)15(17)14-7-11(18-3)8-20-14/h4-8,15H,9H2,1-3H3. The van der Waals surface area contributed by atoms with Crippen LogP contribution in [-0.4, -0.2) is 13.7 Å². The second kappa shape index (κ2) is 5.08. The number of hydrogen-bond acceptors (Lipinski definition) is 3. The van der Waals surface area contributed by atoms with Crippen LogP contribution in [0.5, 0.6) is 11.5 Å². The predicted molar refractivity (Wildman–Crippen MR) is 86.6 cm³/mol. The molecule has 1 unspecified atom stereocenters. The lowest BCUT2D eigenvalue weighted by Crippen LogP contribution is -2.18. The van der Waals surface area contributed by atoms with E-state index in [1.807, 2.05) is 5.38 Å². The monoisotopic (exact) mass is 352 g/mol. The van der Waals surface area contributed by atoms with Gasteiger partial charge < -0.3 is 9.47 Å². The maximum Gasteiger partial charge on any atom is 0.129 e. The molecule has 0 saturated heterocycles. The van der Waals surface area contributed by atoms with Crippen LogP contribution >= 0.6 is 27.3 Å². The highest BCUT2D eigenvalue weighted by molar-refractivity contribution is 9.09. The fraction of sp³-hybridized carbons (Fsp3) is 0.375. The minimum atomic E-state index is 0.0885. The van der Waals surface area contributed by atoms with Gasteiger partial charge in [0.1, 0.15) is 11.5 Å². The van der Waals surface area contributed by atoms with Gasteiger partial charge in [0.05, 0.1) is 18.5 Å². The van der Waals surface area contributed by atoms with Gasteiger partial charge in [-0.05, 0) is 23.8 Å². The van der Waals surface area contributed by atoms with Gasteiger partial charge in [0.15, 0.2) is 0 Å². The molecule has 1 aromatic heterocycles. The molecule has 0 spiro atoms. The summed E-state index contributed by atoms with van der Waals surface area (Å²) in [5, 5.41) is 2.03. The number of benzene rings is 1. The first-order valence-corrected chi connectivity index (χ1v) is 8.34.